The Bertz CT molecular complexity index is 643. The predicted molar refractivity (Wildman–Crippen MR) is 87.6 cm³/mol. The average molecular weight is 345 g/mol. The second kappa shape index (κ2) is 8.08. The highest BCUT2D eigenvalue weighted by Crippen LogP contribution is 2.24. The van der Waals surface area contributed by atoms with Crippen LogP contribution in [0.3, 0.4) is 0 Å². The number of methoxy groups -OCH3 is 1. The minimum Gasteiger partial charge on any atom is -0.496 e. The molecule has 5 nitrogen and oxygen atoms in total. The number of amides is 1. The molecular weight excluding hydrogens is 327 g/mol. The molecule has 0 fully saturated rings. The lowest BCUT2D eigenvalue weighted by Crippen LogP contribution is -2.26. The summed E-state index contributed by atoms with van der Waals surface area (Å²) < 4.78 is 10.5. The molecule has 0 spiro atoms. The summed E-state index contributed by atoms with van der Waals surface area (Å²) in [6, 6.07) is 6.95. The highest BCUT2D eigenvalue weighted by Gasteiger charge is 2.16. The summed E-state index contributed by atoms with van der Waals surface area (Å²) in [5.74, 6) is 1.11. The third-order valence-electron chi connectivity index (χ3n) is 3.10. The fraction of sp³-hybridized carbons (Fsp3) is 0.267. The molecule has 0 radical (unpaired) electrons. The van der Waals surface area contributed by atoms with Gasteiger partial charge in [0.2, 0.25) is 0 Å². The van der Waals surface area contributed by atoms with Crippen LogP contribution in [0.4, 0.5) is 0 Å². The Morgan fingerprint density at radius 1 is 1.41 bits per heavy atom. The molecule has 0 unspecified atom stereocenters. The van der Waals surface area contributed by atoms with Crippen LogP contribution in [0, 0.1) is 0 Å². The van der Waals surface area contributed by atoms with E-state index < -0.39 is 0 Å². The molecular formula is C15H18Cl2N2O3. The number of benzene rings is 1. The van der Waals surface area contributed by atoms with Crippen LogP contribution in [0.25, 0.3) is 0 Å². The number of rotatable bonds is 5. The number of ether oxygens (including phenoxy) is 1. The summed E-state index contributed by atoms with van der Waals surface area (Å²) in [6.45, 7) is 0.644. The highest BCUT2D eigenvalue weighted by atomic mass is 35.5. The van der Waals surface area contributed by atoms with Crippen molar-refractivity contribution < 1.29 is 13.9 Å². The first kappa shape index (κ1) is 18.4. The van der Waals surface area contributed by atoms with Gasteiger partial charge in [-0.3, -0.25) is 4.79 Å². The maximum atomic E-state index is 12.3. The van der Waals surface area contributed by atoms with Crippen LogP contribution in [-0.4, -0.2) is 25.0 Å². The van der Waals surface area contributed by atoms with E-state index in [0.29, 0.717) is 28.6 Å². The van der Waals surface area contributed by atoms with Crippen LogP contribution < -0.4 is 10.5 Å². The van der Waals surface area contributed by atoms with Crippen molar-refractivity contribution in [1.29, 1.82) is 0 Å². The zero-order chi connectivity index (χ0) is 15.4. The summed E-state index contributed by atoms with van der Waals surface area (Å²) in [6.07, 6.45) is 1.41. The van der Waals surface area contributed by atoms with E-state index in [9.17, 15) is 4.79 Å². The third kappa shape index (κ3) is 4.16. The van der Waals surface area contributed by atoms with Gasteiger partial charge in [0.05, 0.1) is 19.2 Å². The van der Waals surface area contributed by atoms with E-state index in [2.05, 4.69) is 0 Å². The number of carbonyl (C=O) groups is 1. The topological polar surface area (TPSA) is 68.7 Å². The Balaban J connectivity index is 0.00000242. The fourth-order valence-corrected chi connectivity index (χ4v) is 2.21. The van der Waals surface area contributed by atoms with Gasteiger partial charge in [-0.15, -0.1) is 12.4 Å². The second-order valence-electron chi connectivity index (χ2n) is 4.62. The molecule has 7 heteroatoms. The fourth-order valence-electron chi connectivity index (χ4n) is 2.02. The zero-order valence-electron chi connectivity index (χ0n) is 12.3. The molecule has 1 amide bonds. The van der Waals surface area contributed by atoms with Crippen LogP contribution in [0.5, 0.6) is 5.75 Å². The van der Waals surface area contributed by atoms with Crippen molar-refractivity contribution in [2.24, 2.45) is 5.73 Å². The molecule has 22 heavy (non-hydrogen) atoms. The quantitative estimate of drug-likeness (QED) is 0.904. The number of hydrogen-bond donors (Lipinski definition) is 1. The molecule has 0 bridgehead atoms. The minimum atomic E-state index is -0.152. The van der Waals surface area contributed by atoms with E-state index in [1.54, 1.807) is 43.3 Å². The first-order chi connectivity index (χ1) is 10.0. The van der Waals surface area contributed by atoms with Crippen molar-refractivity contribution in [3.8, 4) is 5.75 Å². The largest absolute Gasteiger partial charge is 0.496 e. The van der Waals surface area contributed by atoms with Gasteiger partial charge in [0.15, 0.2) is 0 Å². The Kier molecular flexibility index (Phi) is 6.74. The van der Waals surface area contributed by atoms with Crippen LogP contribution in [0.2, 0.25) is 5.02 Å². The summed E-state index contributed by atoms with van der Waals surface area (Å²) in [7, 11) is 3.29. The minimum absolute atomic E-state index is 0. The van der Waals surface area contributed by atoms with Crippen molar-refractivity contribution in [2.75, 3.05) is 14.2 Å². The standard InChI is InChI=1S/C15H17ClN2O3.ClH/c1-18(15(19)11-6-13(7-17)21-9-11)8-10-5-12(16)3-4-14(10)20-2;/h3-6,9H,7-8,17H2,1-2H3;1H. The number of nitrogens with two attached hydrogens (primary N) is 1. The van der Waals surface area contributed by atoms with Crippen LogP contribution in [0.1, 0.15) is 21.7 Å². The van der Waals surface area contributed by atoms with Crippen LogP contribution in [0.15, 0.2) is 34.9 Å². The summed E-state index contributed by atoms with van der Waals surface area (Å²) in [5, 5.41) is 0.598. The lowest BCUT2D eigenvalue weighted by atomic mass is 10.1. The van der Waals surface area contributed by atoms with Gasteiger partial charge >= 0.3 is 0 Å². The molecule has 2 rings (SSSR count). The first-order valence-electron chi connectivity index (χ1n) is 6.40. The Morgan fingerprint density at radius 2 is 2.14 bits per heavy atom. The van der Waals surface area contributed by atoms with Crippen molar-refractivity contribution in [3.05, 3.63) is 52.4 Å². The molecule has 0 aliphatic rings. The lowest BCUT2D eigenvalue weighted by molar-refractivity contribution is 0.0783. The number of furan rings is 1. The monoisotopic (exact) mass is 344 g/mol. The van der Waals surface area contributed by atoms with Crippen LogP contribution >= 0.6 is 24.0 Å². The molecule has 1 heterocycles. The van der Waals surface area contributed by atoms with Gasteiger partial charge < -0.3 is 19.8 Å². The first-order valence-corrected chi connectivity index (χ1v) is 6.78. The molecule has 1 aromatic heterocycles. The van der Waals surface area contributed by atoms with E-state index >= 15 is 0 Å². The summed E-state index contributed by atoms with van der Waals surface area (Å²) in [5.41, 5.74) is 6.78. The number of carbonyl (C=O) groups excluding carboxylic acids is 1. The SMILES string of the molecule is COc1ccc(Cl)cc1CN(C)C(=O)c1coc(CN)c1.Cl. The summed E-state index contributed by atoms with van der Waals surface area (Å²) >= 11 is 5.99. The molecule has 2 aromatic rings. The van der Waals surface area contributed by atoms with Gasteiger partial charge in [-0.05, 0) is 24.3 Å². The predicted octanol–water partition coefficient (Wildman–Crippen LogP) is 3.09. The van der Waals surface area contributed by atoms with Crippen molar-refractivity contribution in [1.82, 2.24) is 4.90 Å². The third-order valence-corrected chi connectivity index (χ3v) is 3.33. The summed E-state index contributed by atoms with van der Waals surface area (Å²) in [4.78, 5) is 13.9. The Labute approximate surface area is 140 Å². The maximum Gasteiger partial charge on any atom is 0.257 e. The molecule has 0 aliphatic carbocycles. The Morgan fingerprint density at radius 3 is 2.73 bits per heavy atom. The van der Waals surface area contributed by atoms with E-state index in [-0.39, 0.29) is 24.9 Å². The highest BCUT2D eigenvalue weighted by molar-refractivity contribution is 6.30. The molecule has 120 valence electrons. The van der Waals surface area contributed by atoms with E-state index in [1.165, 1.54) is 6.26 Å². The maximum absolute atomic E-state index is 12.3. The molecule has 0 saturated carbocycles. The zero-order valence-corrected chi connectivity index (χ0v) is 13.9. The average Bonchev–Trinajstić information content (AvgIpc) is 2.95. The normalized spacial score (nSPS) is 10.0. The van der Waals surface area contributed by atoms with Crippen molar-refractivity contribution >= 4 is 29.9 Å². The molecule has 1 aromatic carbocycles. The lowest BCUT2D eigenvalue weighted by Gasteiger charge is -2.18. The van der Waals surface area contributed by atoms with Gasteiger partial charge in [0.1, 0.15) is 17.8 Å². The van der Waals surface area contributed by atoms with Gasteiger partial charge in [-0.25, -0.2) is 0 Å². The number of halogens is 2. The molecule has 0 saturated heterocycles. The molecule has 0 atom stereocenters. The second-order valence-corrected chi connectivity index (χ2v) is 5.06. The van der Waals surface area contributed by atoms with Crippen molar-refractivity contribution in [3.63, 3.8) is 0 Å². The Hall–Kier alpha value is -1.69. The van der Waals surface area contributed by atoms with Gasteiger partial charge in [0, 0.05) is 24.2 Å². The van der Waals surface area contributed by atoms with Crippen molar-refractivity contribution in [2.45, 2.75) is 13.1 Å². The smallest absolute Gasteiger partial charge is 0.257 e. The van der Waals surface area contributed by atoms with E-state index in [1.807, 2.05) is 0 Å². The van der Waals surface area contributed by atoms with Gasteiger partial charge in [0.25, 0.3) is 5.91 Å². The number of nitrogens with zero attached hydrogens (tertiary/aromatic N) is 1. The van der Waals surface area contributed by atoms with E-state index in [4.69, 9.17) is 26.5 Å². The number of hydrogen-bond acceptors (Lipinski definition) is 4. The van der Waals surface area contributed by atoms with Gasteiger partial charge in [-0.2, -0.15) is 0 Å². The van der Waals surface area contributed by atoms with Crippen LogP contribution in [-0.2, 0) is 13.1 Å². The molecule has 2 N–H and O–H groups in total. The van der Waals surface area contributed by atoms with Gasteiger partial charge in [-0.1, -0.05) is 11.6 Å². The van der Waals surface area contributed by atoms with E-state index in [0.717, 1.165) is 5.56 Å². The molecule has 0 aliphatic heterocycles.